The maximum absolute atomic E-state index is 13.8. The third kappa shape index (κ3) is 4.37. The van der Waals surface area contributed by atoms with Gasteiger partial charge in [0.15, 0.2) is 0 Å². The summed E-state index contributed by atoms with van der Waals surface area (Å²) in [6.07, 6.45) is -3.76. The Labute approximate surface area is 214 Å². The molecule has 0 aliphatic carbocycles. The van der Waals surface area contributed by atoms with Gasteiger partial charge in [-0.15, -0.1) is 0 Å². The summed E-state index contributed by atoms with van der Waals surface area (Å²) in [5.41, 5.74) is 1.86. The molecule has 1 saturated heterocycles. The first-order chi connectivity index (χ1) is 17.0. The zero-order valence-corrected chi connectivity index (χ0v) is 20.5. The van der Waals surface area contributed by atoms with Gasteiger partial charge in [-0.25, -0.2) is 12.8 Å². The number of nitrogens with zero attached hydrogens (tertiary/aromatic N) is 4. The van der Waals surface area contributed by atoms with E-state index in [9.17, 15) is 30.8 Å². The first-order valence-electron chi connectivity index (χ1n) is 10.5. The Morgan fingerprint density at radius 3 is 2.53 bits per heavy atom. The fourth-order valence-electron chi connectivity index (χ4n) is 4.34. The third-order valence-electron chi connectivity index (χ3n) is 6.00. The monoisotopic (exact) mass is 565 g/mol. The Morgan fingerprint density at radius 1 is 1.14 bits per heavy atom. The summed E-state index contributed by atoms with van der Waals surface area (Å²) in [6, 6.07) is 7.80. The number of alkyl halides is 3. The summed E-state index contributed by atoms with van der Waals surface area (Å²) < 4.78 is 82.0. The number of sulfonamides is 1. The summed E-state index contributed by atoms with van der Waals surface area (Å²) in [4.78, 5) is 19.6. The highest BCUT2D eigenvalue weighted by atomic mass is 35.5. The van der Waals surface area contributed by atoms with E-state index >= 15 is 0 Å². The molecule has 1 amide bonds. The predicted octanol–water partition coefficient (Wildman–Crippen LogP) is 4.81. The molecular weight excluding hydrogens is 546 g/mol. The molecule has 1 atom stereocenters. The van der Waals surface area contributed by atoms with Crippen LogP contribution in [0.3, 0.4) is 0 Å². The molecule has 2 aromatic carbocycles. The summed E-state index contributed by atoms with van der Waals surface area (Å²) in [6.45, 7) is 0.910. The van der Waals surface area contributed by atoms with E-state index in [4.69, 9.17) is 11.6 Å². The number of carbonyl (C=O) groups excluding carboxylic acids is 1. The van der Waals surface area contributed by atoms with E-state index in [0.29, 0.717) is 37.2 Å². The van der Waals surface area contributed by atoms with E-state index in [1.807, 2.05) is 9.62 Å². The highest BCUT2D eigenvalue weighted by Crippen LogP contribution is 2.38. The molecule has 15 heteroatoms. The second-order valence-corrected chi connectivity index (χ2v) is 10.9. The molecule has 0 bridgehead atoms. The van der Waals surface area contributed by atoms with Crippen LogP contribution in [0.2, 0.25) is 5.02 Å². The Morgan fingerprint density at radius 2 is 1.86 bits per heavy atom. The number of carbonyl (C=O) groups is 1. The van der Waals surface area contributed by atoms with Crippen molar-refractivity contribution in [3.63, 3.8) is 0 Å². The topological polar surface area (TPSA) is 95.5 Å². The lowest BCUT2D eigenvalue weighted by Crippen LogP contribution is -2.41. The second-order valence-electron chi connectivity index (χ2n) is 8.12. The van der Waals surface area contributed by atoms with Crippen LogP contribution in [0.25, 0.3) is 0 Å². The number of hydrogen-bond acceptors (Lipinski definition) is 7. The van der Waals surface area contributed by atoms with Gasteiger partial charge in [-0.05, 0) is 54.8 Å². The maximum atomic E-state index is 13.8. The molecule has 0 radical (unpaired) electrons. The van der Waals surface area contributed by atoms with Gasteiger partial charge in [-0.1, -0.05) is 11.6 Å². The van der Waals surface area contributed by atoms with Crippen molar-refractivity contribution in [2.75, 3.05) is 27.6 Å². The minimum atomic E-state index is -4.79. The average Bonchev–Trinajstić information content (AvgIpc) is 3.54. The molecular formula is C21H20ClF4N5O3S2. The molecule has 0 saturated carbocycles. The van der Waals surface area contributed by atoms with Gasteiger partial charge in [-0.2, -0.15) is 22.5 Å². The second kappa shape index (κ2) is 8.85. The van der Waals surface area contributed by atoms with Gasteiger partial charge < -0.3 is 9.80 Å². The van der Waals surface area contributed by atoms with Crippen LogP contribution >= 0.6 is 23.1 Å². The van der Waals surface area contributed by atoms with Crippen LogP contribution in [0.15, 0.2) is 41.3 Å². The fraction of sp³-hybridized carbons (Fsp3) is 0.286. The Bertz CT molecular complexity index is 1460. The maximum Gasteiger partial charge on any atom is 0.452 e. The standard InChI is InChI=1S/C21H16ClF4N5O3S2.2H2/c22-17-13-7-9-31(15(13)6-5-14(17)23)16-8-10-30(18(16)32)11-1-3-12(4-2-11)36(33,34)29-20-27-19(28-35-20)21(24,25)26;;/h1-6,16H,7-10H2,(H,27,28,29);2*1H/t16-;;/m0../s1. The van der Waals surface area contributed by atoms with Crippen LogP contribution in [-0.4, -0.2) is 42.8 Å². The van der Waals surface area contributed by atoms with Crippen molar-refractivity contribution < 1.29 is 33.6 Å². The van der Waals surface area contributed by atoms with E-state index in [-0.39, 0.29) is 30.2 Å². The third-order valence-corrected chi connectivity index (χ3v) is 8.52. The molecule has 36 heavy (non-hydrogen) atoms. The number of aromatic nitrogens is 2. The van der Waals surface area contributed by atoms with Crippen LogP contribution in [-0.2, 0) is 27.4 Å². The summed E-state index contributed by atoms with van der Waals surface area (Å²) in [5, 5.41) is -0.458. The lowest BCUT2D eigenvalue weighted by Gasteiger charge is -2.26. The zero-order chi connectivity index (χ0) is 25.8. The minimum absolute atomic E-state index is 0. The van der Waals surface area contributed by atoms with Gasteiger partial charge in [0.05, 0.1) is 9.92 Å². The van der Waals surface area contributed by atoms with Crippen LogP contribution in [0.4, 0.5) is 34.1 Å². The Hall–Kier alpha value is -2.97. The largest absolute Gasteiger partial charge is 0.452 e. The molecule has 5 rings (SSSR count). The molecule has 3 aromatic rings. The van der Waals surface area contributed by atoms with Gasteiger partial charge >= 0.3 is 6.18 Å². The molecule has 1 aromatic heterocycles. The molecule has 8 nitrogen and oxygen atoms in total. The molecule has 194 valence electrons. The summed E-state index contributed by atoms with van der Waals surface area (Å²) >= 11 is 6.36. The van der Waals surface area contributed by atoms with Gasteiger partial charge in [0.1, 0.15) is 11.9 Å². The molecule has 0 spiro atoms. The van der Waals surface area contributed by atoms with Crippen LogP contribution < -0.4 is 14.5 Å². The first-order valence-corrected chi connectivity index (χ1v) is 13.2. The molecule has 1 N–H and O–H groups in total. The van der Waals surface area contributed by atoms with E-state index in [0.717, 1.165) is 5.69 Å². The smallest absolute Gasteiger partial charge is 0.359 e. The zero-order valence-electron chi connectivity index (χ0n) is 18.1. The number of rotatable bonds is 5. The molecule has 3 heterocycles. The van der Waals surface area contributed by atoms with Crippen LogP contribution in [0, 0.1) is 5.82 Å². The molecule has 0 unspecified atom stereocenters. The van der Waals surface area contributed by atoms with Gasteiger partial charge in [0.25, 0.3) is 10.0 Å². The predicted molar refractivity (Wildman–Crippen MR) is 130 cm³/mol. The van der Waals surface area contributed by atoms with Crippen LogP contribution in [0.1, 0.15) is 20.7 Å². The van der Waals surface area contributed by atoms with E-state index in [2.05, 4.69) is 9.36 Å². The normalized spacial score (nSPS) is 18.1. The quantitative estimate of drug-likeness (QED) is 0.446. The van der Waals surface area contributed by atoms with Crippen molar-refractivity contribution in [2.45, 2.75) is 30.0 Å². The van der Waals surface area contributed by atoms with Crippen molar-refractivity contribution in [3.8, 4) is 0 Å². The number of hydrogen-bond donors (Lipinski definition) is 1. The average molecular weight is 566 g/mol. The van der Waals surface area contributed by atoms with Crippen molar-refractivity contribution in [2.24, 2.45) is 0 Å². The Balaban J connectivity index is 0.00000200. The lowest BCUT2D eigenvalue weighted by molar-refractivity contribution is -0.144. The fourth-order valence-corrected chi connectivity index (χ4v) is 6.40. The lowest BCUT2D eigenvalue weighted by atomic mass is 10.1. The number of anilines is 3. The SMILES string of the molecule is O=C1[C@@H](N2CCc3c2ccc(F)c3Cl)CCN1c1ccc(S(=O)(=O)Nc2nc(C(F)(F)F)ns2)cc1.[HH].[HH]. The van der Waals surface area contributed by atoms with Gasteiger partial charge in [0.2, 0.25) is 16.9 Å². The number of amides is 1. The molecule has 2 aliphatic heterocycles. The molecule has 2 aliphatic rings. The highest BCUT2D eigenvalue weighted by Gasteiger charge is 2.40. The summed E-state index contributed by atoms with van der Waals surface area (Å²) in [5.74, 6) is -2.13. The minimum Gasteiger partial charge on any atom is -0.359 e. The summed E-state index contributed by atoms with van der Waals surface area (Å²) in [7, 11) is -4.23. The number of nitrogens with one attached hydrogen (secondary N) is 1. The highest BCUT2D eigenvalue weighted by molar-refractivity contribution is 7.93. The Kier molecular flexibility index (Phi) is 6.08. The van der Waals surface area contributed by atoms with Crippen molar-refractivity contribution in [3.05, 3.63) is 58.6 Å². The first kappa shape index (κ1) is 24.7. The number of benzene rings is 2. The van der Waals surface area contributed by atoms with Crippen molar-refractivity contribution >= 4 is 55.6 Å². The van der Waals surface area contributed by atoms with Crippen molar-refractivity contribution in [1.82, 2.24) is 9.36 Å². The molecule has 1 fully saturated rings. The van der Waals surface area contributed by atoms with Gasteiger partial charge in [-0.3, -0.25) is 9.52 Å². The van der Waals surface area contributed by atoms with E-state index < -0.39 is 39.0 Å². The van der Waals surface area contributed by atoms with E-state index in [1.54, 1.807) is 6.07 Å². The van der Waals surface area contributed by atoms with E-state index in [1.165, 1.54) is 35.2 Å². The van der Waals surface area contributed by atoms with Crippen LogP contribution in [0.5, 0.6) is 0 Å². The number of fused-ring (bicyclic) bond motifs is 1. The van der Waals surface area contributed by atoms with Gasteiger partial charge in [0, 0.05) is 38.9 Å². The number of halogens is 5. The van der Waals surface area contributed by atoms with Crippen molar-refractivity contribution in [1.29, 1.82) is 0 Å².